The van der Waals surface area contributed by atoms with Gasteiger partial charge in [0, 0.05) is 18.0 Å². The smallest absolute Gasteiger partial charge is 0.241 e. The lowest BCUT2D eigenvalue weighted by Crippen LogP contribution is -2.28. The predicted octanol–water partition coefficient (Wildman–Crippen LogP) is 1.17. The highest BCUT2D eigenvalue weighted by atomic mass is 32.2. The van der Waals surface area contributed by atoms with Gasteiger partial charge in [-0.05, 0) is 32.3 Å². The zero-order valence-electron chi connectivity index (χ0n) is 10.9. The van der Waals surface area contributed by atoms with Crippen LogP contribution in [0, 0.1) is 0 Å². The van der Waals surface area contributed by atoms with Gasteiger partial charge in [-0.2, -0.15) is 0 Å². The fourth-order valence-electron chi connectivity index (χ4n) is 1.41. The summed E-state index contributed by atoms with van der Waals surface area (Å²) in [6, 6.07) is 1.63. The zero-order chi connectivity index (χ0) is 13.6. The summed E-state index contributed by atoms with van der Waals surface area (Å²) in [6.07, 6.45) is 0.107. The van der Waals surface area contributed by atoms with Gasteiger partial charge in [-0.25, -0.2) is 13.1 Å². The van der Waals surface area contributed by atoms with E-state index in [4.69, 9.17) is 4.74 Å². The van der Waals surface area contributed by atoms with Crippen LogP contribution in [0.3, 0.4) is 0 Å². The van der Waals surface area contributed by atoms with Crippen molar-refractivity contribution in [3.8, 4) is 0 Å². The van der Waals surface area contributed by atoms with Gasteiger partial charge in [0.25, 0.3) is 0 Å². The van der Waals surface area contributed by atoms with Gasteiger partial charge in [0.15, 0.2) is 0 Å². The predicted molar refractivity (Wildman–Crippen MR) is 73.4 cm³/mol. The molecule has 0 saturated carbocycles. The van der Waals surface area contributed by atoms with Crippen molar-refractivity contribution in [3.05, 3.63) is 16.3 Å². The Balaban J connectivity index is 2.60. The van der Waals surface area contributed by atoms with Crippen LogP contribution < -0.4 is 10.0 Å². The Kier molecular flexibility index (Phi) is 6.24. The average Bonchev–Trinajstić information content (AvgIpc) is 2.74. The second-order valence-corrected chi connectivity index (χ2v) is 6.79. The number of ether oxygens (including phenoxy) is 1. The fraction of sp³-hybridized carbons (Fsp3) is 0.636. The zero-order valence-corrected chi connectivity index (χ0v) is 12.5. The maximum atomic E-state index is 12.0. The third-order valence-corrected chi connectivity index (χ3v) is 4.77. The quantitative estimate of drug-likeness (QED) is 0.706. The lowest BCUT2D eigenvalue weighted by molar-refractivity contribution is 0.0834. The summed E-state index contributed by atoms with van der Waals surface area (Å²) in [4.78, 5) is 1.17. The molecule has 1 aromatic rings. The SMILES string of the molecule is CNCc1sccc1S(=O)(=O)NCCOC(C)C. The Morgan fingerprint density at radius 3 is 2.78 bits per heavy atom. The normalized spacial score (nSPS) is 12.2. The highest BCUT2D eigenvalue weighted by Gasteiger charge is 2.18. The number of hydrogen-bond acceptors (Lipinski definition) is 5. The molecule has 5 nitrogen and oxygen atoms in total. The van der Waals surface area contributed by atoms with Gasteiger partial charge in [0.1, 0.15) is 0 Å². The van der Waals surface area contributed by atoms with Gasteiger partial charge in [-0.15, -0.1) is 11.3 Å². The average molecular weight is 292 g/mol. The van der Waals surface area contributed by atoms with Crippen molar-refractivity contribution in [2.24, 2.45) is 0 Å². The molecule has 0 aromatic carbocycles. The summed E-state index contributed by atoms with van der Waals surface area (Å²) in [7, 11) is -1.64. The molecule has 0 saturated heterocycles. The van der Waals surface area contributed by atoms with Crippen LogP contribution in [-0.2, 0) is 21.3 Å². The lowest BCUT2D eigenvalue weighted by atomic mass is 10.5. The van der Waals surface area contributed by atoms with Crippen LogP contribution in [0.1, 0.15) is 18.7 Å². The molecule has 0 aliphatic carbocycles. The van der Waals surface area contributed by atoms with Gasteiger partial charge < -0.3 is 10.1 Å². The van der Waals surface area contributed by atoms with E-state index in [0.29, 0.717) is 18.0 Å². The molecule has 1 rings (SSSR count). The molecule has 0 unspecified atom stereocenters. The van der Waals surface area contributed by atoms with Crippen molar-refractivity contribution < 1.29 is 13.2 Å². The maximum Gasteiger partial charge on any atom is 0.241 e. The van der Waals surface area contributed by atoms with Gasteiger partial charge in [0.2, 0.25) is 10.0 Å². The van der Waals surface area contributed by atoms with E-state index >= 15 is 0 Å². The molecule has 0 amide bonds. The van der Waals surface area contributed by atoms with Crippen molar-refractivity contribution in [3.63, 3.8) is 0 Å². The molecule has 0 atom stereocenters. The van der Waals surface area contributed by atoms with Crippen LogP contribution in [-0.4, -0.2) is 34.7 Å². The third kappa shape index (κ3) is 4.66. The van der Waals surface area contributed by atoms with E-state index in [1.165, 1.54) is 11.3 Å². The molecule has 0 aliphatic rings. The van der Waals surface area contributed by atoms with Crippen LogP contribution in [0.25, 0.3) is 0 Å². The Labute approximate surface area is 113 Å². The summed E-state index contributed by atoms with van der Waals surface area (Å²) in [6.45, 7) is 5.05. The molecule has 1 heterocycles. The molecule has 0 spiro atoms. The van der Waals surface area contributed by atoms with Gasteiger partial charge >= 0.3 is 0 Å². The number of thiophene rings is 1. The minimum Gasteiger partial charge on any atom is -0.377 e. The van der Waals surface area contributed by atoms with E-state index in [-0.39, 0.29) is 12.6 Å². The van der Waals surface area contributed by atoms with E-state index in [1.807, 2.05) is 13.8 Å². The Hall–Kier alpha value is -0.470. The summed E-state index contributed by atoms with van der Waals surface area (Å²) in [5.41, 5.74) is 0. The van der Waals surface area contributed by atoms with E-state index in [1.54, 1.807) is 18.5 Å². The van der Waals surface area contributed by atoms with Crippen LogP contribution in [0.15, 0.2) is 16.3 Å². The first-order valence-electron chi connectivity index (χ1n) is 5.79. The topological polar surface area (TPSA) is 67.4 Å². The second kappa shape index (κ2) is 7.20. The van der Waals surface area contributed by atoms with Crippen LogP contribution >= 0.6 is 11.3 Å². The number of hydrogen-bond donors (Lipinski definition) is 2. The summed E-state index contributed by atoms with van der Waals surface area (Å²) >= 11 is 1.43. The Bertz CT molecular complexity index is 455. The van der Waals surface area contributed by atoms with E-state index in [0.717, 1.165) is 4.88 Å². The highest BCUT2D eigenvalue weighted by molar-refractivity contribution is 7.89. The highest BCUT2D eigenvalue weighted by Crippen LogP contribution is 2.21. The molecule has 1 aromatic heterocycles. The molecular weight excluding hydrogens is 272 g/mol. The van der Waals surface area contributed by atoms with E-state index in [2.05, 4.69) is 10.0 Å². The van der Waals surface area contributed by atoms with Crippen molar-refractivity contribution in [1.82, 2.24) is 10.0 Å². The minimum atomic E-state index is -3.43. The van der Waals surface area contributed by atoms with Crippen molar-refractivity contribution in [1.29, 1.82) is 0 Å². The monoisotopic (exact) mass is 292 g/mol. The molecule has 2 N–H and O–H groups in total. The molecule has 104 valence electrons. The van der Waals surface area contributed by atoms with Crippen LogP contribution in [0.2, 0.25) is 0 Å². The number of sulfonamides is 1. The summed E-state index contributed by atoms with van der Waals surface area (Å²) in [5, 5.41) is 4.74. The first kappa shape index (κ1) is 15.6. The van der Waals surface area contributed by atoms with E-state index in [9.17, 15) is 8.42 Å². The maximum absolute atomic E-state index is 12.0. The fourth-order valence-corrected chi connectivity index (χ4v) is 3.87. The van der Waals surface area contributed by atoms with Crippen LogP contribution in [0.5, 0.6) is 0 Å². The molecule has 0 bridgehead atoms. The molecule has 0 radical (unpaired) electrons. The van der Waals surface area contributed by atoms with Gasteiger partial charge in [0.05, 0.1) is 17.6 Å². The van der Waals surface area contributed by atoms with Crippen LogP contribution in [0.4, 0.5) is 0 Å². The Morgan fingerprint density at radius 1 is 1.44 bits per heavy atom. The van der Waals surface area contributed by atoms with E-state index < -0.39 is 10.0 Å². The third-order valence-electron chi connectivity index (χ3n) is 2.18. The lowest BCUT2D eigenvalue weighted by Gasteiger charge is -2.09. The molecule has 0 fully saturated rings. The molecular formula is C11H20N2O3S2. The van der Waals surface area contributed by atoms with Crippen molar-refractivity contribution >= 4 is 21.4 Å². The number of nitrogens with one attached hydrogen (secondary N) is 2. The molecule has 18 heavy (non-hydrogen) atoms. The second-order valence-electron chi connectivity index (χ2n) is 4.06. The first-order chi connectivity index (χ1) is 8.47. The molecule has 0 aliphatic heterocycles. The van der Waals surface area contributed by atoms with Gasteiger partial charge in [-0.1, -0.05) is 0 Å². The van der Waals surface area contributed by atoms with Gasteiger partial charge in [-0.3, -0.25) is 0 Å². The number of rotatable bonds is 8. The Morgan fingerprint density at radius 2 is 2.17 bits per heavy atom. The largest absolute Gasteiger partial charge is 0.377 e. The minimum absolute atomic E-state index is 0.107. The van der Waals surface area contributed by atoms with Crippen molar-refractivity contribution in [2.45, 2.75) is 31.4 Å². The standard InChI is InChI=1S/C11H20N2O3S2/c1-9(2)16-6-5-13-18(14,15)11-4-7-17-10(11)8-12-3/h4,7,9,12-13H,5-6,8H2,1-3H3. The molecule has 7 heteroatoms. The van der Waals surface area contributed by atoms with Crippen molar-refractivity contribution in [2.75, 3.05) is 20.2 Å². The summed E-state index contributed by atoms with van der Waals surface area (Å²) in [5.74, 6) is 0. The summed E-state index contributed by atoms with van der Waals surface area (Å²) < 4.78 is 31.9. The first-order valence-corrected chi connectivity index (χ1v) is 8.16.